The number of nitrogens with zero attached hydrogens (tertiary/aromatic N) is 4. The topological polar surface area (TPSA) is 77.4 Å². The summed E-state index contributed by atoms with van der Waals surface area (Å²) in [4.78, 5) is 2.43. The lowest BCUT2D eigenvalue weighted by atomic mass is 10.0. The number of ether oxygens (including phenoxy) is 1. The summed E-state index contributed by atoms with van der Waals surface area (Å²) in [7, 11) is 0. The van der Waals surface area contributed by atoms with E-state index in [-0.39, 0.29) is 12.1 Å². The van der Waals surface area contributed by atoms with Crippen molar-refractivity contribution in [2.24, 2.45) is 0 Å². The van der Waals surface area contributed by atoms with Gasteiger partial charge in [-0.1, -0.05) is 18.5 Å². The fourth-order valence-corrected chi connectivity index (χ4v) is 3.86. The number of aryl methyl sites for hydroxylation is 2. The molecule has 0 unspecified atom stereocenters. The molecule has 4 heterocycles. The molecule has 0 aromatic carbocycles. The van der Waals surface area contributed by atoms with Gasteiger partial charge >= 0.3 is 0 Å². The van der Waals surface area contributed by atoms with Crippen LogP contribution >= 0.6 is 0 Å². The fourth-order valence-electron chi connectivity index (χ4n) is 3.86. The molecule has 7 nitrogen and oxygen atoms in total. The molecular formula is C18H26N4O3. The molecule has 2 aliphatic heterocycles. The SMILES string of the molecule is CCc1noc(C)c1CN1CCCC[C@@H]1c1nnc([C@H]2CCCO2)o1. The van der Waals surface area contributed by atoms with Crippen molar-refractivity contribution in [3.63, 3.8) is 0 Å². The minimum atomic E-state index is -0.0229. The summed E-state index contributed by atoms with van der Waals surface area (Å²) < 4.78 is 17.1. The van der Waals surface area contributed by atoms with Gasteiger partial charge < -0.3 is 13.7 Å². The Balaban J connectivity index is 1.53. The first-order valence-electron chi connectivity index (χ1n) is 9.39. The maximum Gasteiger partial charge on any atom is 0.245 e. The quantitative estimate of drug-likeness (QED) is 0.820. The average Bonchev–Trinajstić information content (AvgIpc) is 3.37. The van der Waals surface area contributed by atoms with Crippen LogP contribution in [0.1, 0.15) is 80.0 Å². The molecule has 7 heteroatoms. The van der Waals surface area contributed by atoms with E-state index in [1.807, 2.05) is 6.92 Å². The Bertz CT molecular complexity index is 705. The van der Waals surface area contributed by atoms with Gasteiger partial charge in [0.05, 0.1) is 11.7 Å². The zero-order valence-corrected chi connectivity index (χ0v) is 15.0. The Morgan fingerprint density at radius 1 is 1.12 bits per heavy atom. The highest BCUT2D eigenvalue weighted by atomic mass is 16.5. The first-order chi connectivity index (χ1) is 12.3. The molecule has 2 aliphatic rings. The van der Waals surface area contributed by atoms with Crippen LogP contribution in [0.25, 0.3) is 0 Å². The van der Waals surface area contributed by atoms with E-state index in [9.17, 15) is 0 Å². The molecular weight excluding hydrogens is 320 g/mol. The van der Waals surface area contributed by atoms with Crippen molar-refractivity contribution >= 4 is 0 Å². The van der Waals surface area contributed by atoms with Crippen LogP contribution in [0.2, 0.25) is 0 Å². The molecule has 2 saturated heterocycles. The van der Waals surface area contributed by atoms with E-state index in [1.165, 1.54) is 18.4 Å². The van der Waals surface area contributed by atoms with Gasteiger partial charge in [-0.15, -0.1) is 10.2 Å². The molecule has 0 bridgehead atoms. The van der Waals surface area contributed by atoms with Gasteiger partial charge in [0.2, 0.25) is 11.8 Å². The first-order valence-corrected chi connectivity index (χ1v) is 9.39. The number of hydrogen-bond acceptors (Lipinski definition) is 7. The smallest absolute Gasteiger partial charge is 0.245 e. The van der Waals surface area contributed by atoms with Crippen LogP contribution in [0.3, 0.4) is 0 Å². The van der Waals surface area contributed by atoms with Gasteiger partial charge in [-0.25, -0.2) is 0 Å². The Morgan fingerprint density at radius 3 is 2.80 bits per heavy atom. The van der Waals surface area contributed by atoms with Crippen molar-refractivity contribution < 1.29 is 13.7 Å². The van der Waals surface area contributed by atoms with Crippen LogP contribution in [-0.4, -0.2) is 33.4 Å². The van der Waals surface area contributed by atoms with Crippen molar-refractivity contribution in [2.75, 3.05) is 13.2 Å². The second-order valence-corrected chi connectivity index (χ2v) is 6.98. The Morgan fingerprint density at radius 2 is 2.00 bits per heavy atom. The van der Waals surface area contributed by atoms with Crippen molar-refractivity contribution in [3.8, 4) is 0 Å². The monoisotopic (exact) mass is 346 g/mol. The lowest BCUT2D eigenvalue weighted by Crippen LogP contribution is -2.33. The maximum atomic E-state index is 6.02. The van der Waals surface area contributed by atoms with E-state index in [1.54, 1.807) is 0 Å². The fraction of sp³-hybridized carbons (Fsp3) is 0.722. The summed E-state index contributed by atoms with van der Waals surface area (Å²) in [6.45, 7) is 6.73. The Kier molecular flexibility index (Phi) is 4.85. The molecule has 0 N–H and O–H groups in total. The van der Waals surface area contributed by atoms with Crippen molar-refractivity contribution in [3.05, 3.63) is 28.8 Å². The van der Waals surface area contributed by atoms with Gasteiger partial charge in [0, 0.05) is 18.7 Å². The minimum absolute atomic E-state index is 0.0229. The first kappa shape index (κ1) is 16.7. The number of piperidine rings is 1. The maximum absolute atomic E-state index is 6.02. The van der Waals surface area contributed by atoms with Crippen molar-refractivity contribution in [2.45, 2.75) is 71.1 Å². The van der Waals surface area contributed by atoms with Crippen LogP contribution < -0.4 is 0 Å². The lowest BCUT2D eigenvalue weighted by molar-refractivity contribution is 0.0793. The van der Waals surface area contributed by atoms with E-state index < -0.39 is 0 Å². The van der Waals surface area contributed by atoms with E-state index in [0.717, 1.165) is 62.7 Å². The minimum Gasteiger partial charge on any atom is -0.421 e. The van der Waals surface area contributed by atoms with Crippen LogP contribution in [0.4, 0.5) is 0 Å². The van der Waals surface area contributed by atoms with E-state index in [2.05, 4.69) is 27.2 Å². The van der Waals surface area contributed by atoms with E-state index in [0.29, 0.717) is 5.89 Å². The van der Waals surface area contributed by atoms with Gasteiger partial charge in [0.25, 0.3) is 0 Å². The molecule has 2 aromatic heterocycles. The number of aromatic nitrogens is 3. The molecule has 2 atom stereocenters. The number of hydrogen-bond donors (Lipinski definition) is 0. The Labute approximate surface area is 147 Å². The van der Waals surface area contributed by atoms with Crippen LogP contribution in [-0.2, 0) is 17.7 Å². The normalized spacial score (nSPS) is 24.9. The van der Waals surface area contributed by atoms with Gasteiger partial charge in [-0.05, 0) is 45.6 Å². The largest absolute Gasteiger partial charge is 0.421 e. The van der Waals surface area contributed by atoms with Crippen molar-refractivity contribution in [1.82, 2.24) is 20.3 Å². The Hall–Kier alpha value is -1.73. The summed E-state index contributed by atoms with van der Waals surface area (Å²) in [5.74, 6) is 2.26. The average molecular weight is 346 g/mol. The van der Waals surface area contributed by atoms with Gasteiger partial charge in [0.1, 0.15) is 11.9 Å². The highest BCUT2D eigenvalue weighted by Gasteiger charge is 2.32. The van der Waals surface area contributed by atoms with E-state index in [4.69, 9.17) is 13.7 Å². The van der Waals surface area contributed by atoms with Crippen LogP contribution in [0.15, 0.2) is 8.94 Å². The number of rotatable bonds is 5. The highest BCUT2D eigenvalue weighted by Crippen LogP contribution is 2.34. The zero-order chi connectivity index (χ0) is 17.2. The van der Waals surface area contributed by atoms with Crippen LogP contribution in [0.5, 0.6) is 0 Å². The molecule has 25 heavy (non-hydrogen) atoms. The predicted octanol–water partition coefficient (Wildman–Crippen LogP) is 3.51. The molecule has 0 saturated carbocycles. The molecule has 0 radical (unpaired) electrons. The molecule has 2 aromatic rings. The van der Waals surface area contributed by atoms with Crippen molar-refractivity contribution in [1.29, 1.82) is 0 Å². The third kappa shape index (κ3) is 3.35. The summed E-state index contributed by atoms with van der Waals surface area (Å²) in [5.41, 5.74) is 2.25. The molecule has 0 amide bonds. The number of likely N-dealkylation sites (tertiary alicyclic amines) is 1. The zero-order valence-electron chi connectivity index (χ0n) is 15.0. The van der Waals surface area contributed by atoms with E-state index >= 15 is 0 Å². The van der Waals surface area contributed by atoms with Gasteiger partial charge in [-0.3, -0.25) is 4.90 Å². The lowest BCUT2D eigenvalue weighted by Gasteiger charge is -2.33. The second-order valence-electron chi connectivity index (χ2n) is 6.98. The van der Waals surface area contributed by atoms with Gasteiger partial charge in [0.15, 0.2) is 0 Å². The molecule has 0 aliphatic carbocycles. The third-order valence-corrected chi connectivity index (χ3v) is 5.32. The highest BCUT2D eigenvalue weighted by molar-refractivity contribution is 5.22. The standard InChI is InChI=1S/C18H26N4O3/c1-3-14-13(12(2)25-21-14)11-22-9-5-4-7-15(22)17-19-20-18(24-17)16-8-6-10-23-16/h15-16H,3-11H2,1-2H3/t15-,16-/m1/s1. The van der Waals surface area contributed by atoms with Crippen LogP contribution in [0, 0.1) is 6.92 Å². The summed E-state index contributed by atoms with van der Waals surface area (Å²) in [6, 6.07) is 0.162. The molecule has 2 fully saturated rings. The second kappa shape index (κ2) is 7.25. The summed E-state index contributed by atoms with van der Waals surface area (Å²) in [6.07, 6.45) is 6.30. The summed E-state index contributed by atoms with van der Waals surface area (Å²) in [5, 5.41) is 12.8. The third-order valence-electron chi connectivity index (χ3n) is 5.32. The molecule has 4 rings (SSSR count). The summed E-state index contributed by atoms with van der Waals surface area (Å²) >= 11 is 0. The van der Waals surface area contributed by atoms with Gasteiger partial charge in [-0.2, -0.15) is 0 Å². The predicted molar refractivity (Wildman–Crippen MR) is 89.8 cm³/mol. The molecule has 0 spiro atoms. The molecule has 136 valence electrons.